The molecular formula is C17H21N3O3. The van der Waals surface area contributed by atoms with E-state index in [0.29, 0.717) is 24.6 Å². The van der Waals surface area contributed by atoms with Crippen molar-refractivity contribution in [2.75, 3.05) is 18.1 Å². The zero-order valence-electron chi connectivity index (χ0n) is 13.8. The van der Waals surface area contributed by atoms with Crippen molar-refractivity contribution >= 4 is 11.8 Å². The van der Waals surface area contributed by atoms with Crippen molar-refractivity contribution in [2.45, 2.75) is 33.3 Å². The number of fused-ring (bicyclic) bond motifs is 1. The third kappa shape index (κ3) is 3.16. The first kappa shape index (κ1) is 15.4. The highest BCUT2D eigenvalue weighted by molar-refractivity contribution is 5.93. The van der Waals surface area contributed by atoms with Gasteiger partial charge in [0.1, 0.15) is 12.2 Å². The fraction of sp³-hybridized carbons (Fsp3) is 0.412. The van der Waals surface area contributed by atoms with Crippen molar-refractivity contribution in [1.82, 2.24) is 10.2 Å². The van der Waals surface area contributed by atoms with E-state index in [-0.39, 0.29) is 6.09 Å². The van der Waals surface area contributed by atoms with Gasteiger partial charge in [0.15, 0.2) is 5.75 Å². The maximum absolute atomic E-state index is 12.5. The van der Waals surface area contributed by atoms with E-state index in [4.69, 9.17) is 9.47 Å². The number of rotatable bonds is 1. The number of benzene rings is 1. The summed E-state index contributed by atoms with van der Waals surface area (Å²) in [5, 5.41) is 7.21. The van der Waals surface area contributed by atoms with Gasteiger partial charge in [-0.25, -0.2) is 4.79 Å². The molecule has 0 radical (unpaired) electrons. The van der Waals surface area contributed by atoms with Crippen LogP contribution in [0.1, 0.15) is 26.5 Å². The zero-order chi connectivity index (χ0) is 16.6. The SMILES string of the molecule is Cc1cc(-c2cccc3c2OCCN3C(=O)OC(C)(C)C)n[nH]1. The quantitative estimate of drug-likeness (QED) is 0.874. The van der Waals surface area contributed by atoms with Crippen LogP contribution in [0.2, 0.25) is 0 Å². The third-order valence-corrected chi connectivity index (χ3v) is 3.44. The molecule has 6 nitrogen and oxygen atoms in total. The van der Waals surface area contributed by atoms with Gasteiger partial charge in [-0.2, -0.15) is 5.10 Å². The van der Waals surface area contributed by atoms with E-state index in [1.807, 2.05) is 52.0 Å². The van der Waals surface area contributed by atoms with Crippen LogP contribution in [0, 0.1) is 6.92 Å². The zero-order valence-corrected chi connectivity index (χ0v) is 13.8. The number of hydrogen-bond acceptors (Lipinski definition) is 4. The maximum Gasteiger partial charge on any atom is 0.415 e. The van der Waals surface area contributed by atoms with Crippen LogP contribution in [0.3, 0.4) is 0 Å². The van der Waals surface area contributed by atoms with Crippen molar-refractivity contribution in [3.8, 4) is 17.0 Å². The van der Waals surface area contributed by atoms with Gasteiger partial charge in [-0.1, -0.05) is 6.07 Å². The summed E-state index contributed by atoms with van der Waals surface area (Å²) < 4.78 is 11.3. The Bertz CT molecular complexity index is 731. The highest BCUT2D eigenvalue weighted by atomic mass is 16.6. The minimum atomic E-state index is -0.535. The Morgan fingerprint density at radius 3 is 2.83 bits per heavy atom. The molecule has 2 aromatic rings. The lowest BCUT2D eigenvalue weighted by atomic mass is 10.1. The molecule has 1 amide bonds. The number of carbonyl (C=O) groups excluding carboxylic acids is 1. The molecule has 1 N–H and O–H groups in total. The minimum Gasteiger partial charge on any atom is -0.489 e. The number of nitrogens with one attached hydrogen (secondary N) is 1. The minimum absolute atomic E-state index is 0.364. The Morgan fingerprint density at radius 2 is 2.17 bits per heavy atom. The predicted octanol–water partition coefficient (Wildman–Crippen LogP) is 3.52. The van der Waals surface area contributed by atoms with E-state index in [2.05, 4.69) is 10.2 Å². The summed E-state index contributed by atoms with van der Waals surface area (Å²) in [6, 6.07) is 7.64. The summed E-state index contributed by atoms with van der Waals surface area (Å²) in [6.07, 6.45) is -0.364. The first-order valence-electron chi connectivity index (χ1n) is 7.64. The average Bonchev–Trinajstić information content (AvgIpc) is 2.90. The van der Waals surface area contributed by atoms with E-state index < -0.39 is 5.60 Å². The molecule has 1 aliphatic heterocycles. The van der Waals surface area contributed by atoms with Crippen LogP contribution in [0.5, 0.6) is 5.75 Å². The van der Waals surface area contributed by atoms with Gasteiger partial charge in [-0.3, -0.25) is 10.00 Å². The third-order valence-electron chi connectivity index (χ3n) is 3.44. The molecule has 2 heterocycles. The van der Waals surface area contributed by atoms with E-state index in [1.54, 1.807) is 4.90 Å². The fourth-order valence-corrected chi connectivity index (χ4v) is 2.51. The van der Waals surface area contributed by atoms with Crippen molar-refractivity contribution < 1.29 is 14.3 Å². The number of amides is 1. The van der Waals surface area contributed by atoms with Gasteiger partial charge in [0.25, 0.3) is 0 Å². The molecule has 0 aliphatic carbocycles. The van der Waals surface area contributed by atoms with Crippen LogP contribution >= 0.6 is 0 Å². The van der Waals surface area contributed by atoms with Crippen molar-refractivity contribution in [3.05, 3.63) is 30.0 Å². The molecule has 122 valence electrons. The monoisotopic (exact) mass is 315 g/mol. The van der Waals surface area contributed by atoms with Crippen molar-refractivity contribution in [2.24, 2.45) is 0 Å². The number of para-hydroxylation sites is 1. The smallest absolute Gasteiger partial charge is 0.415 e. The lowest BCUT2D eigenvalue weighted by Crippen LogP contribution is -2.41. The van der Waals surface area contributed by atoms with E-state index >= 15 is 0 Å². The van der Waals surface area contributed by atoms with E-state index in [9.17, 15) is 4.79 Å². The Balaban J connectivity index is 1.98. The molecule has 0 fully saturated rings. The Labute approximate surface area is 135 Å². The molecule has 0 bridgehead atoms. The standard InChI is InChI=1S/C17H21N3O3/c1-11-10-13(19-18-11)12-6-5-7-14-15(12)22-9-8-20(14)16(21)23-17(2,3)4/h5-7,10H,8-9H2,1-4H3,(H,18,19). The number of aryl methyl sites for hydroxylation is 1. The average molecular weight is 315 g/mol. The van der Waals surface area contributed by atoms with E-state index in [0.717, 1.165) is 17.0 Å². The van der Waals surface area contributed by atoms with Crippen LogP contribution in [0.25, 0.3) is 11.3 Å². The predicted molar refractivity (Wildman–Crippen MR) is 87.8 cm³/mol. The first-order chi connectivity index (χ1) is 10.8. The van der Waals surface area contributed by atoms with Gasteiger partial charge in [0, 0.05) is 11.3 Å². The number of aromatic nitrogens is 2. The molecule has 0 unspecified atom stereocenters. The van der Waals surface area contributed by atoms with Crippen molar-refractivity contribution in [3.63, 3.8) is 0 Å². The van der Waals surface area contributed by atoms with Gasteiger partial charge in [-0.05, 0) is 45.9 Å². The fourth-order valence-electron chi connectivity index (χ4n) is 2.51. The van der Waals surface area contributed by atoms with Gasteiger partial charge in [0.05, 0.1) is 17.9 Å². The second kappa shape index (κ2) is 5.61. The topological polar surface area (TPSA) is 67.4 Å². The normalized spacial score (nSPS) is 14.2. The molecule has 1 aromatic carbocycles. The molecule has 0 saturated carbocycles. The molecule has 0 spiro atoms. The van der Waals surface area contributed by atoms with Gasteiger partial charge < -0.3 is 9.47 Å². The molecule has 1 aromatic heterocycles. The molecule has 0 atom stereocenters. The summed E-state index contributed by atoms with van der Waals surface area (Å²) in [5.41, 5.74) is 2.80. The highest BCUT2D eigenvalue weighted by Crippen LogP contribution is 2.40. The molecule has 0 saturated heterocycles. The molecular weight excluding hydrogens is 294 g/mol. The number of anilines is 1. The van der Waals surface area contributed by atoms with Crippen LogP contribution < -0.4 is 9.64 Å². The molecule has 23 heavy (non-hydrogen) atoms. The number of ether oxygens (including phenoxy) is 2. The van der Waals surface area contributed by atoms with Gasteiger partial charge in [0.2, 0.25) is 0 Å². The second-order valence-corrected chi connectivity index (χ2v) is 6.57. The largest absolute Gasteiger partial charge is 0.489 e. The first-order valence-corrected chi connectivity index (χ1v) is 7.64. The van der Waals surface area contributed by atoms with Crippen LogP contribution in [0.15, 0.2) is 24.3 Å². The second-order valence-electron chi connectivity index (χ2n) is 6.57. The Hall–Kier alpha value is -2.50. The van der Waals surface area contributed by atoms with Crippen LogP contribution in [-0.2, 0) is 4.74 Å². The van der Waals surface area contributed by atoms with Crippen LogP contribution in [-0.4, -0.2) is 35.0 Å². The molecule has 6 heteroatoms. The maximum atomic E-state index is 12.5. The number of H-pyrrole nitrogens is 1. The number of nitrogens with zero attached hydrogens (tertiary/aromatic N) is 2. The highest BCUT2D eigenvalue weighted by Gasteiger charge is 2.30. The van der Waals surface area contributed by atoms with Gasteiger partial charge >= 0.3 is 6.09 Å². The Morgan fingerprint density at radius 1 is 1.39 bits per heavy atom. The summed E-state index contributed by atoms with van der Waals surface area (Å²) in [5.74, 6) is 0.663. The van der Waals surface area contributed by atoms with Crippen molar-refractivity contribution in [1.29, 1.82) is 0 Å². The number of carbonyl (C=O) groups is 1. The van der Waals surface area contributed by atoms with Gasteiger partial charge in [-0.15, -0.1) is 0 Å². The van der Waals surface area contributed by atoms with E-state index in [1.165, 1.54) is 0 Å². The summed E-state index contributed by atoms with van der Waals surface area (Å²) in [4.78, 5) is 14.1. The number of aromatic amines is 1. The number of hydrogen-bond donors (Lipinski definition) is 1. The molecule has 1 aliphatic rings. The summed E-state index contributed by atoms with van der Waals surface area (Å²) >= 11 is 0. The Kier molecular flexibility index (Phi) is 3.75. The molecule has 3 rings (SSSR count). The summed E-state index contributed by atoms with van der Waals surface area (Å²) in [7, 11) is 0. The van der Waals surface area contributed by atoms with Crippen LogP contribution in [0.4, 0.5) is 10.5 Å². The summed E-state index contributed by atoms with van der Waals surface area (Å²) in [6.45, 7) is 8.40. The lowest BCUT2D eigenvalue weighted by Gasteiger charge is -2.32. The lowest BCUT2D eigenvalue weighted by molar-refractivity contribution is 0.0568.